The fraction of sp³-hybridized carbons (Fsp3) is 0.231. The summed E-state index contributed by atoms with van der Waals surface area (Å²) in [5, 5.41) is 7.09. The van der Waals surface area contributed by atoms with Crippen molar-refractivity contribution in [2.75, 3.05) is 19.0 Å². The number of methoxy groups -OCH3 is 1. The largest absolute Gasteiger partial charge is 0.497 e. The lowest BCUT2D eigenvalue weighted by Gasteiger charge is -2.12. The van der Waals surface area contributed by atoms with Gasteiger partial charge in [0.05, 0.1) is 7.11 Å². The fourth-order valence-corrected chi connectivity index (χ4v) is 3.79. The second-order valence-corrected chi connectivity index (χ2v) is 8.07. The molecule has 2 aromatic heterocycles. The highest BCUT2D eigenvalue weighted by atomic mass is 16.5. The number of guanidine groups is 1. The van der Waals surface area contributed by atoms with Crippen molar-refractivity contribution in [1.29, 1.82) is 0 Å². The number of nitrogens with zero attached hydrogens (tertiary/aromatic N) is 3. The minimum Gasteiger partial charge on any atom is -0.497 e. The van der Waals surface area contributed by atoms with Gasteiger partial charge in [-0.05, 0) is 62.6 Å². The average Bonchev–Trinajstić information content (AvgIpc) is 3.20. The number of nitrogens with one attached hydrogen (secondary N) is 3. The zero-order valence-electron chi connectivity index (χ0n) is 19.8. The van der Waals surface area contributed by atoms with Gasteiger partial charge in [0.1, 0.15) is 5.75 Å². The molecular formula is C26H28N6O2. The molecule has 0 bridgehead atoms. The van der Waals surface area contributed by atoms with Gasteiger partial charge in [0.25, 0.3) is 5.91 Å². The molecule has 1 amide bonds. The fourth-order valence-electron chi connectivity index (χ4n) is 3.79. The molecule has 0 spiro atoms. The molecule has 0 radical (unpaired) electrons. The van der Waals surface area contributed by atoms with E-state index in [1.807, 2.05) is 69.4 Å². The monoisotopic (exact) mass is 456 g/mol. The van der Waals surface area contributed by atoms with Crippen LogP contribution in [0.15, 0.2) is 59.7 Å². The number of aromatic amines is 1. The van der Waals surface area contributed by atoms with E-state index in [4.69, 9.17) is 4.74 Å². The number of aliphatic imine (C=N–C) groups is 1. The molecule has 34 heavy (non-hydrogen) atoms. The molecule has 3 N–H and O–H groups in total. The molecule has 0 unspecified atom stereocenters. The minimum absolute atomic E-state index is 0.243. The van der Waals surface area contributed by atoms with Gasteiger partial charge in [0.15, 0.2) is 0 Å². The van der Waals surface area contributed by atoms with Crippen molar-refractivity contribution in [2.45, 2.75) is 27.2 Å². The maximum atomic E-state index is 12.9. The number of fused-ring (bicyclic) bond motifs is 1. The quantitative estimate of drug-likeness (QED) is 0.296. The highest BCUT2D eigenvalue weighted by Gasteiger charge is 2.13. The number of carbonyl (C=O) groups excluding carboxylic acids is 1. The summed E-state index contributed by atoms with van der Waals surface area (Å²) in [6.45, 7) is 6.15. The van der Waals surface area contributed by atoms with Crippen LogP contribution in [0.25, 0.3) is 10.9 Å². The zero-order chi connectivity index (χ0) is 24.1. The van der Waals surface area contributed by atoms with Crippen LogP contribution in [0.1, 0.15) is 32.9 Å². The van der Waals surface area contributed by atoms with E-state index in [-0.39, 0.29) is 5.91 Å². The molecule has 0 saturated heterocycles. The predicted octanol–water partition coefficient (Wildman–Crippen LogP) is 4.33. The van der Waals surface area contributed by atoms with Gasteiger partial charge < -0.3 is 9.72 Å². The number of rotatable bonds is 6. The van der Waals surface area contributed by atoms with Crippen LogP contribution in [0, 0.1) is 20.8 Å². The summed E-state index contributed by atoms with van der Waals surface area (Å²) < 4.78 is 5.30. The summed E-state index contributed by atoms with van der Waals surface area (Å²) >= 11 is 0. The standard InChI is InChI=1S/C26H28N6O2/c1-16-7-5-6-8-21(16)24(33)31-25(32-26-29-17(2)13-18(3)30-26)27-12-11-19-15-28-23-14-20(34-4)9-10-22(19)23/h5-10,13-15,28H,11-12H2,1-4H3,(H2,27,29,30,31,32,33). The van der Waals surface area contributed by atoms with Crippen LogP contribution < -0.4 is 15.4 Å². The molecule has 4 aromatic rings. The van der Waals surface area contributed by atoms with Crippen LogP contribution >= 0.6 is 0 Å². The second kappa shape index (κ2) is 10.2. The minimum atomic E-state index is -0.243. The number of anilines is 1. The zero-order valence-corrected chi connectivity index (χ0v) is 19.8. The molecule has 8 nitrogen and oxygen atoms in total. The number of hydrogen-bond donors (Lipinski definition) is 3. The van der Waals surface area contributed by atoms with Gasteiger partial charge in [-0.2, -0.15) is 0 Å². The summed E-state index contributed by atoms with van der Waals surface area (Å²) in [4.78, 5) is 29.7. The SMILES string of the molecule is COc1ccc2c(CCN=C(NC(=O)c3ccccc3C)Nc3nc(C)cc(C)n3)c[nH]c2c1. The Bertz CT molecular complexity index is 1340. The third-order valence-corrected chi connectivity index (χ3v) is 5.46. The molecule has 0 aliphatic heterocycles. The average molecular weight is 457 g/mol. The Kier molecular flexibility index (Phi) is 6.87. The lowest BCUT2D eigenvalue weighted by molar-refractivity contribution is 0.0976. The number of H-pyrrole nitrogens is 1. The van der Waals surface area contributed by atoms with Gasteiger partial charge >= 0.3 is 0 Å². The van der Waals surface area contributed by atoms with Crippen LogP contribution in [0.4, 0.5) is 5.95 Å². The number of aryl methyl sites for hydroxylation is 3. The lowest BCUT2D eigenvalue weighted by atomic mass is 10.1. The summed E-state index contributed by atoms with van der Waals surface area (Å²) in [5.41, 5.74) is 5.27. The van der Waals surface area contributed by atoms with E-state index in [1.54, 1.807) is 13.2 Å². The Morgan fingerprint density at radius 1 is 1.06 bits per heavy atom. The van der Waals surface area contributed by atoms with E-state index in [9.17, 15) is 4.79 Å². The highest BCUT2D eigenvalue weighted by molar-refractivity contribution is 6.10. The predicted molar refractivity (Wildman–Crippen MR) is 135 cm³/mol. The van der Waals surface area contributed by atoms with Crippen LogP contribution in [0.2, 0.25) is 0 Å². The lowest BCUT2D eigenvalue weighted by Crippen LogP contribution is -2.37. The first-order chi connectivity index (χ1) is 16.4. The van der Waals surface area contributed by atoms with Crippen LogP contribution in [-0.4, -0.2) is 40.5 Å². The van der Waals surface area contributed by atoms with E-state index in [1.165, 1.54) is 0 Å². The number of ether oxygens (including phenoxy) is 1. The number of hydrogen-bond acceptors (Lipinski definition) is 5. The van der Waals surface area contributed by atoms with Crippen molar-refractivity contribution in [3.63, 3.8) is 0 Å². The summed E-state index contributed by atoms with van der Waals surface area (Å²) in [6, 6.07) is 15.3. The maximum absolute atomic E-state index is 12.9. The van der Waals surface area contributed by atoms with Gasteiger partial charge in [0, 0.05) is 46.7 Å². The molecule has 2 aromatic carbocycles. The van der Waals surface area contributed by atoms with E-state index in [0.717, 1.165) is 39.2 Å². The first-order valence-corrected chi connectivity index (χ1v) is 11.1. The van der Waals surface area contributed by atoms with Gasteiger partial charge in [-0.3, -0.25) is 20.4 Å². The number of aromatic nitrogens is 3. The molecule has 0 aliphatic carbocycles. The molecule has 0 aliphatic rings. The topological polar surface area (TPSA) is 104 Å². The van der Waals surface area contributed by atoms with E-state index >= 15 is 0 Å². The Balaban J connectivity index is 1.55. The first-order valence-electron chi connectivity index (χ1n) is 11.1. The van der Waals surface area contributed by atoms with Gasteiger partial charge in [-0.15, -0.1) is 0 Å². The Hall–Kier alpha value is -4.20. The second-order valence-electron chi connectivity index (χ2n) is 8.07. The molecule has 0 fully saturated rings. The van der Waals surface area contributed by atoms with Crippen molar-refractivity contribution in [3.8, 4) is 5.75 Å². The van der Waals surface area contributed by atoms with Crippen molar-refractivity contribution in [3.05, 3.63) is 82.8 Å². The smallest absolute Gasteiger partial charge is 0.258 e. The first kappa shape index (κ1) is 23.0. The van der Waals surface area contributed by atoms with Gasteiger partial charge in [-0.1, -0.05) is 18.2 Å². The van der Waals surface area contributed by atoms with E-state index < -0.39 is 0 Å². The third-order valence-electron chi connectivity index (χ3n) is 5.46. The number of amides is 1. The third kappa shape index (κ3) is 5.40. The van der Waals surface area contributed by atoms with Crippen LogP contribution in [0.5, 0.6) is 5.75 Å². The van der Waals surface area contributed by atoms with Crippen LogP contribution in [0.3, 0.4) is 0 Å². The molecule has 0 saturated carbocycles. The summed E-state index contributed by atoms with van der Waals surface area (Å²) in [6.07, 6.45) is 2.66. The molecule has 4 rings (SSSR count). The Morgan fingerprint density at radius 2 is 1.82 bits per heavy atom. The van der Waals surface area contributed by atoms with Gasteiger partial charge in [-0.25, -0.2) is 9.97 Å². The molecule has 174 valence electrons. The maximum Gasteiger partial charge on any atom is 0.258 e. The van der Waals surface area contributed by atoms with Crippen molar-refractivity contribution in [2.24, 2.45) is 4.99 Å². The number of carbonyl (C=O) groups is 1. The molecular weight excluding hydrogens is 428 g/mol. The van der Waals surface area contributed by atoms with E-state index in [2.05, 4.69) is 30.6 Å². The molecule has 2 heterocycles. The summed E-state index contributed by atoms with van der Waals surface area (Å²) in [7, 11) is 1.65. The van der Waals surface area contributed by atoms with Crippen molar-refractivity contribution in [1.82, 2.24) is 20.3 Å². The Labute approximate surface area is 198 Å². The van der Waals surface area contributed by atoms with Gasteiger partial charge in [0.2, 0.25) is 11.9 Å². The normalized spacial score (nSPS) is 11.5. The summed E-state index contributed by atoms with van der Waals surface area (Å²) in [5.74, 6) is 1.26. The van der Waals surface area contributed by atoms with Crippen LogP contribution in [-0.2, 0) is 6.42 Å². The number of benzene rings is 2. The molecule has 8 heteroatoms. The highest BCUT2D eigenvalue weighted by Crippen LogP contribution is 2.23. The van der Waals surface area contributed by atoms with E-state index in [0.29, 0.717) is 30.4 Å². The molecule has 0 atom stereocenters. The Morgan fingerprint density at radius 3 is 2.56 bits per heavy atom. The van der Waals surface area contributed by atoms with Crippen molar-refractivity contribution >= 4 is 28.7 Å². The van der Waals surface area contributed by atoms with Crippen molar-refractivity contribution < 1.29 is 9.53 Å².